The van der Waals surface area contributed by atoms with Crippen molar-refractivity contribution in [1.29, 1.82) is 0 Å². The van der Waals surface area contributed by atoms with Crippen LogP contribution in [0.5, 0.6) is 0 Å². The molecule has 1 heterocycles. The van der Waals surface area contributed by atoms with Crippen molar-refractivity contribution in [1.82, 2.24) is 9.73 Å². The molecule has 0 atom stereocenters. The highest BCUT2D eigenvalue weighted by Crippen LogP contribution is 2.33. The van der Waals surface area contributed by atoms with Gasteiger partial charge in [-0.15, -0.1) is 0 Å². The normalized spacial score (nSPS) is 16.0. The van der Waals surface area contributed by atoms with E-state index < -0.39 is 10.0 Å². The van der Waals surface area contributed by atoms with Gasteiger partial charge in [0, 0.05) is 24.0 Å². The molecule has 0 aliphatic carbocycles. The van der Waals surface area contributed by atoms with Crippen molar-refractivity contribution in [3.63, 3.8) is 0 Å². The molecule has 28 heavy (non-hydrogen) atoms. The quantitative estimate of drug-likeness (QED) is 0.653. The fourth-order valence-electron chi connectivity index (χ4n) is 3.02. The van der Waals surface area contributed by atoms with E-state index in [1.165, 1.54) is 16.4 Å². The van der Waals surface area contributed by atoms with E-state index in [0.717, 1.165) is 0 Å². The molecule has 6 nitrogen and oxygen atoms in total. The maximum Gasteiger partial charge on any atom is 0.246 e. The molecule has 2 aromatic carbocycles. The van der Waals surface area contributed by atoms with Crippen LogP contribution in [0, 0.1) is 5.92 Å². The van der Waals surface area contributed by atoms with Gasteiger partial charge in [-0.1, -0.05) is 46.9 Å². The number of nitrogens with one attached hydrogen (secondary N) is 2. The summed E-state index contributed by atoms with van der Waals surface area (Å²) in [6.45, 7) is 0.415. The summed E-state index contributed by atoms with van der Waals surface area (Å²) in [5.41, 5.74) is 6.12. The fourth-order valence-corrected chi connectivity index (χ4v) is 5.77. The van der Waals surface area contributed by atoms with Gasteiger partial charge in [0.15, 0.2) is 0 Å². The van der Waals surface area contributed by atoms with Gasteiger partial charge in [-0.3, -0.25) is 15.6 Å². The van der Waals surface area contributed by atoms with E-state index in [0.29, 0.717) is 23.6 Å². The Bertz CT molecular complexity index is 957. The van der Waals surface area contributed by atoms with Crippen molar-refractivity contribution in [2.75, 3.05) is 18.5 Å². The highest BCUT2D eigenvalue weighted by atomic mass is 35.5. The van der Waals surface area contributed by atoms with Gasteiger partial charge in [0.1, 0.15) is 4.90 Å². The van der Waals surface area contributed by atoms with Crippen LogP contribution in [0.1, 0.15) is 12.8 Å². The summed E-state index contributed by atoms with van der Waals surface area (Å²) in [5.74, 6) is -0.507. The highest BCUT2D eigenvalue weighted by Gasteiger charge is 2.34. The molecule has 3 rings (SSSR count). The molecule has 1 aliphatic heterocycles. The molecule has 2 N–H and O–H groups in total. The third kappa shape index (κ3) is 4.72. The van der Waals surface area contributed by atoms with Crippen LogP contribution >= 0.6 is 34.8 Å². The number of sulfonamides is 1. The van der Waals surface area contributed by atoms with E-state index in [1.807, 2.05) is 0 Å². The van der Waals surface area contributed by atoms with Crippen LogP contribution in [-0.4, -0.2) is 31.7 Å². The molecule has 0 saturated carbocycles. The molecular formula is C18H18Cl3N3O3S. The van der Waals surface area contributed by atoms with Gasteiger partial charge in [-0.05, 0) is 43.2 Å². The van der Waals surface area contributed by atoms with Crippen molar-refractivity contribution in [2.24, 2.45) is 5.92 Å². The smallest absolute Gasteiger partial charge is 0.246 e. The number of nitrogens with zero attached hydrogens (tertiary/aromatic N) is 1. The van der Waals surface area contributed by atoms with E-state index in [4.69, 9.17) is 34.8 Å². The number of rotatable bonds is 5. The lowest BCUT2D eigenvalue weighted by Crippen LogP contribution is -2.44. The number of carbonyl (C=O) groups excluding carboxylic acids is 1. The molecule has 1 fully saturated rings. The molecule has 0 bridgehead atoms. The number of hydrogen-bond acceptors (Lipinski definition) is 4. The minimum absolute atomic E-state index is 0.0816. The number of hydrazine groups is 1. The van der Waals surface area contributed by atoms with Gasteiger partial charge in [0.2, 0.25) is 15.9 Å². The number of piperidine rings is 1. The molecule has 2 aromatic rings. The molecule has 10 heteroatoms. The number of amides is 1. The summed E-state index contributed by atoms with van der Waals surface area (Å²) in [7, 11) is -3.83. The van der Waals surface area contributed by atoms with Crippen LogP contribution in [0.3, 0.4) is 0 Å². The van der Waals surface area contributed by atoms with Crippen LogP contribution in [0.15, 0.2) is 47.4 Å². The maximum absolute atomic E-state index is 12.9. The van der Waals surface area contributed by atoms with Crippen molar-refractivity contribution >= 4 is 56.4 Å². The summed E-state index contributed by atoms with van der Waals surface area (Å²) in [4.78, 5) is 12.3. The first-order valence-electron chi connectivity index (χ1n) is 8.54. The zero-order valence-corrected chi connectivity index (χ0v) is 17.7. The second kappa shape index (κ2) is 8.88. The molecule has 0 spiro atoms. The zero-order valence-electron chi connectivity index (χ0n) is 14.7. The largest absolute Gasteiger partial charge is 0.299 e. The molecule has 150 valence electrons. The van der Waals surface area contributed by atoms with Crippen LogP contribution in [0.2, 0.25) is 15.1 Å². The topological polar surface area (TPSA) is 78.5 Å². The summed E-state index contributed by atoms with van der Waals surface area (Å²) in [5, 5.41) is 0.715. The van der Waals surface area contributed by atoms with E-state index >= 15 is 0 Å². The summed E-state index contributed by atoms with van der Waals surface area (Å²) < 4.78 is 27.1. The number of halogens is 3. The fraction of sp³-hybridized carbons (Fsp3) is 0.278. The van der Waals surface area contributed by atoms with Crippen LogP contribution in [0.25, 0.3) is 0 Å². The SMILES string of the molecule is O=C(NNc1cccc(Cl)c1)C1CCN(S(=O)(=O)c2c(Cl)cccc2Cl)CC1. The lowest BCUT2D eigenvalue weighted by molar-refractivity contribution is -0.125. The Kier molecular flexibility index (Phi) is 6.73. The van der Waals surface area contributed by atoms with Gasteiger partial charge < -0.3 is 0 Å². The maximum atomic E-state index is 12.9. The highest BCUT2D eigenvalue weighted by molar-refractivity contribution is 7.89. The Hall–Kier alpha value is -1.51. The van der Waals surface area contributed by atoms with E-state index in [2.05, 4.69) is 10.9 Å². The first-order valence-corrected chi connectivity index (χ1v) is 11.1. The second-order valence-corrected chi connectivity index (χ2v) is 9.48. The Morgan fingerprint density at radius 2 is 1.61 bits per heavy atom. The number of hydrogen-bond donors (Lipinski definition) is 2. The standard InChI is InChI=1S/C18H18Cl3N3O3S/c19-13-3-1-4-14(11-13)22-23-18(25)12-7-9-24(10-8-12)28(26,27)17-15(20)5-2-6-16(17)21/h1-6,11-12,22H,7-10H2,(H,23,25). The Labute approximate surface area is 178 Å². The Morgan fingerprint density at radius 1 is 1.00 bits per heavy atom. The van der Waals surface area contributed by atoms with Crippen molar-refractivity contribution in [3.05, 3.63) is 57.5 Å². The number of benzene rings is 2. The molecule has 1 aliphatic rings. The van der Waals surface area contributed by atoms with Crippen LogP contribution in [-0.2, 0) is 14.8 Å². The van der Waals surface area contributed by atoms with Gasteiger partial charge in [0.05, 0.1) is 15.7 Å². The lowest BCUT2D eigenvalue weighted by atomic mass is 9.98. The Balaban J connectivity index is 1.60. The molecule has 0 aromatic heterocycles. The van der Waals surface area contributed by atoms with Crippen LogP contribution < -0.4 is 10.9 Å². The van der Waals surface area contributed by atoms with E-state index in [-0.39, 0.29) is 39.9 Å². The summed E-state index contributed by atoms with van der Waals surface area (Å²) in [6.07, 6.45) is 0.786. The first-order chi connectivity index (χ1) is 13.3. The number of anilines is 1. The third-order valence-electron chi connectivity index (χ3n) is 4.50. The van der Waals surface area contributed by atoms with Gasteiger partial charge in [-0.2, -0.15) is 4.31 Å². The van der Waals surface area contributed by atoms with Crippen molar-refractivity contribution in [3.8, 4) is 0 Å². The predicted octanol–water partition coefficient (Wildman–Crippen LogP) is 4.19. The second-order valence-electron chi connectivity index (χ2n) is 6.35. The van der Waals surface area contributed by atoms with E-state index in [9.17, 15) is 13.2 Å². The van der Waals surface area contributed by atoms with Gasteiger partial charge in [-0.25, -0.2) is 8.42 Å². The molecular weight excluding hydrogens is 445 g/mol. The van der Waals surface area contributed by atoms with Crippen molar-refractivity contribution < 1.29 is 13.2 Å². The summed E-state index contributed by atoms with van der Waals surface area (Å²) in [6, 6.07) is 11.5. The summed E-state index contributed by atoms with van der Waals surface area (Å²) >= 11 is 18.0. The zero-order chi connectivity index (χ0) is 20.3. The lowest BCUT2D eigenvalue weighted by Gasteiger charge is -2.31. The third-order valence-corrected chi connectivity index (χ3v) is 7.59. The average Bonchev–Trinajstić information content (AvgIpc) is 2.66. The first kappa shape index (κ1) is 21.2. The predicted molar refractivity (Wildman–Crippen MR) is 111 cm³/mol. The van der Waals surface area contributed by atoms with Crippen LogP contribution in [0.4, 0.5) is 5.69 Å². The minimum Gasteiger partial charge on any atom is -0.299 e. The van der Waals surface area contributed by atoms with Crippen molar-refractivity contribution in [2.45, 2.75) is 17.7 Å². The number of carbonyl (C=O) groups is 1. The van der Waals surface area contributed by atoms with Gasteiger partial charge >= 0.3 is 0 Å². The molecule has 1 amide bonds. The van der Waals surface area contributed by atoms with Gasteiger partial charge in [0.25, 0.3) is 0 Å². The average molecular weight is 463 g/mol. The minimum atomic E-state index is -3.83. The molecule has 0 radical (unpaired) electrons. The Morgan fingerprint density at radius 3 is 2.21 bits per heavy atom. The monoisotopic (exact) mass is 461 g/mol. The molecule has 0 unspecified atom stereocenters. The molecule has 1 saturated heterocycles. The van der Waals surface area contributed by atoms with E-state index in [1.54, 1.807) is 30.3 Å².